The maximum absolute atomic E-state index is 11.3. The molecule has 2 aliphatic rings. The van der Waals surface area contributed by atoms with Crippen LogP contribution in [0.2, 0.25) is 5.02 Å². The van der Waals surface area contributed by atoms with Crippen LogP contribution in [0, 0.1) is 0 Å². The monoisotopic (exact) mass is 433 g/mol. The number of pyridine rings is 1. The van der Waals surface area contributed by atoms with Crippen molar-refractivity contribution in [1.82, 2.24) is 9.88 Å². The predicted molar refractivity (Wildman–Crippen MR) is 123 cm³/mol. The number of carboxylic acids is 1. The molecule has 0 radical (unpaired) electrons. The van der Waals surface area contributed by atoms with Crippen molar-refractivity contribution in [2.75, 3.05) is 24.5 Å². The second-order valence-corrected chi connectivity index (χ2v) is 8.73. The Morgan fingerprint density at radius 1 is 1.13 bits per heavy atom. The lowest BCUT2D eigenvalue weighted by Gasteiger charge is -2.45. The molecule has 6 heteroatoms. The number of carbonyl (C=O) groups is 1. The number of halogens is 1. The Bertz CT molecular complexity index is 1120. The molecule has 0 saturated carbocycles. The minimum absolute atomic E-state index is 0.273. The van der Waals surface area contributed by atoms with Gasteiger partial charge in [-0.1, -0.05) is 48.0 Å². The SMILES string of the molecule is O=C(O)c1cnc2c(c1)CCC1CN(Cc3ccccc3-c3ccc(Cl)cc3)CCN21. The van der Waals surface area contributed by atoms with Crippen molar-refractivity contribution in [3.8, 4) is 11.1 Å². The van der Waals surface area contributed by atoms with Crippen molar-refractivity contribution >= 4 is 23.4 Å². The van der Waals surface area contributed by atoms with E-state index in [9.17, 15) is 9.90 Å². The lowest BCUT2D eigenvalue weighted by Crippen LogP contribution is -2.55. The maximum atomic E-state index is 11.3. The van der Waals surface area contributed by atoms with Crippen LogP contribution in [0.5, 0.6) is 0 Å². The number of hydrogen-bond donors (Lipinski definition) is 1. The van der Waals surface area contributed by atoms with E-state index < -0.39 is 5.97 Å². The number of carboxylic acid groups (broad SMARTS) is 1. The molecule has 0 aliphatic carbocycles. The minimum Gasteiger partial charge on any atom is -0.478 e. The number of rotatable bonds is 4. The fourth-order valence-corrected chi connectivity index (χ4v) is 4.91. The second kappa shape index (κ2) is 8.33. The summed E-state index contributed by atoms with van der Waals surface area (Å²) in [5.41, 5.74) is 5.08. The first-order valence-electron chi connectivity index (χ1n) is 10.6. The third-order valence-electron chi connectivity index (χ3n) is 6.34. The number of anilines is 1. The summed E-state index contributed by atoms with van der Waals surface area (Å²) in [6.07, 6.45) is 3.38. The molecular weight excluding hydrogens is 410 g/mol. The zero-order valence-electron chi connectivity index (χ0n) is 17.2. The first-order chi connectivity index (χ1) is 15.1. The van der Waals surface area contributed by atoms with E-state index in [2.05, 4.69) is 51.2 Å². The van der Waals surface area contributed by atoms with Crippen LogP contribution in [-0.4, -0.2) is 46.6 Å². The number of piperazine rings is 1. The molecule has 0 bridgehead atoms. The number of aromatic carboxylic acids is 1. The summed E-state index contributed by atoms with van der Waals surface area (Å²) in [5.74, 6) is 0.0454. The second-order valence-electron chi connectivity index (χ2n) is 8.30. The van der Waals surface area contributed by atoms with E-state index in [-0.39, 0.29) is 5.56 Å². The zero-order valence-corrected chi connectivity index (χ0v) is 17.9. The van der Waals surface area contributed by atoms with E-state index in [0.717, 1.165) is 55.4 Å². The van der Waals surface area contributed by atoms with Gasteiger partial charge in [0.1, 0.15) is 5.82 Å². The van der Waals surface area contributed by atoms with Crippen molar-refractivity contribution in [3.63, 3.8) is 0 Å². The van der Waals surface area contributed by atoms with Gasteiger partial charge in [-0.15, -0.1) is 0 Å². The number of aromatic nitrogens is 1. The summed E-state index contributed by atoms with van der Waals surface area (Å²) in [7, 11) is 0. The summed E-state index contributed by atoms with van der Waals surface area (Å²) < 4.78 is 0. The van der Waals surface area contributed by atoms with Gasteiger partial charge < -0.3 is 10.0 Å². The van der Waals surface area contributed by atoms with E-state index in [0.29, 0.717) is 6.04 Å². The van der Waals surface area contributed by atoms with Crippen LogP contribution in [0.25, 0.3) is 11.1 Å². The molecule has 0 amide bonds. The molecular formula is C25H24ClN3O2. The standard InChI is InChI=1S/C25H24ClN3O2/c26-21-8-5-17(6-9-21)23-4-2-1-3-19(23)15-28-11-12-29-22(16-28)10-7-18-13-20(25(30)31)14-27-24(18)29/h1-6,8-9,13-14,22H,7,10-12,15-16H2,(H,30,31). The fraction of sp³-hybridized carbons (Fsp3) is 0.280. The Morgan fingerprint density at radius 3 is 2.74 bits per heavy atom. The van der Waals surface area contributed by atoms with Crippen molar-refractivity contribution < 1.29 is 9.90 Å². The zero-order chi connectivity index (χ0) is 21.4. The highest BCUT2D eigenvalue weighted by Crippen LogP contribution is 2.33. The number of fused-ring (bicyclic) bond motifs is 3. The van der Waals surface area contributed by atoms with E-state index in [1.54, 1.807) is 6.07 Å². The highest BCUT2D eigenvalue weighted by atomic mass is 35.5. The van der Waals surface area contributed by atoms with Gasteiger partial charge in [0.15, 0.2) is 0 Å². The van der Waals surface area contributed by atoms with Crippen molar-refractivity contribution in [1.29, 1.82) is 0 Å². The van der Waals surface area contributed by atoms with Gasteiger partial charge in [0, 0.05) is 43.4 Å². The van der Waals surface area contributed by atoms with E-state index in [4.69, 9.17) is 11.6 Å². The molecule has 1 atom stereocenters. The van der Waals surface area contributed by atoms with Crippen LogP contribution < -0.4 is 4.90 Å². The van der Waals surface area contributed by atoms with Gasteiger partial charge >= 0.3 is 5.97 Å². The first-order valence-corrected chi connectivity index (χ1v) is 11.0. The van der Waals surface area contributed by atoms with Crippen LogP contribution >= 0.6 is 11.6 Å². The Hall–Kier alpha value is -2.89. The largest absolute Gasteiger partial charge is 0.478 e. The maximum Gasteiger partial charge on any atom is 0.337 e. The number of aryl methyl sites for hydroxylation is 1. The summed E-state index contributed by atoms with van der Waals surface area (Å²) in [6.45, 7) is 3.74. The Labute approximate surface area is 186 Å². The van der Waals surface area contributed by atoms with E-state index in [1.807, 2.05) is 12.1 Å². The summed E-state index contributed by atoms with van der Waals surface area (Å²) in [4.78, 5) is 20.7. The van der Waals surface area contributed by atoms with Crippen LogP contribution in [0.1, 0.15) is 27.9 Å². The molecule has 3 heterocycles. The molecule has 5 nitrogen and oxygen atoms in total. The van der Waals surface area contributed by atoms with Gasteiger partial charge in [-0.3, -0.25) is 4.90 Å². The van der Waals surface area contributed by atoms with Gasteiger partial charge in [-0.25, -0.2) is 9.78 Å². The lowest BCUT2D eigenvalue weighted by molar-refractivity contribution is 0.0696. The number of benzene rings is 2. The minimum atomic E-state index is -0.915. The molecule has 1 saturated heterocycles. The van der Waals surface area contributed by atoms with E-state index >= 15 is 0 Å². The Kier molecular flexibility index (Phi) is 5.38. The quantitative estimate of drug-likeness (QED) is 0.644. The van der Waals surface area contributed by atoms with Crippen LogP contribution in [-0.2, 0) is 13.0 Å². The third-order valence-corrected chi connectivity index (χ3v) is 6.59. The molecule has 2 aliphatic heterocycles. The lowest BCUT2D eigenvalue weighted by atomic mass is 9.94. The van der Waals surface area contributed by atoms with Crippen molar-refractivity contribution in [2.24, 2.45) is 0 Å². The fourth-order valence-electron chi connectivity index (χ4n) is 4.78. The summed E-state index contributed by atoms with van der Waals surface area (Å²) >= 11 is 6.07. The van der Waals surface area contributed by atoms with Crippen molar-refractivity contribution in [2.45, 2.75) is 25.4 Å². The first kappa shape index (κ1) is 20.0. The van der Waals surface area contributed by atoms with Gasteiger partial charge in [0.05, 0.1) is 5.56 Å². The van der Waals surface area contributed by atoms with Crippen molar-refractivity contribution in [3.05, 3.63) is 82.5 Å². The van der Waals surface area contributed by atoms with Crippen LogP contribution in [0.15, 0.2) is 60.8 Å². The van der Waals surface area contributed by atoms with Gasteiger partial charge in [0.2, 0.25) is 0 Å². The third kappa shape index (κ3) is 4.03. The number of hydrogen-bond acceptors (Lipinski definition) is 4. The van der Waals surface area contributed by atoms with Gasteiger partial charge in [0.25, 0.3) is 0 Å². The molecule has 2 aromatic carbocycles. The number of nitrogens with zero attached hydrogens (tertiary/aromatic N) is 3. The van der Waals surface area contributed by atoms with Crippen LogP contribution in [0.3, 0.4) is 0 Å². The molecule has 31 heavy (non-hydrogen) atoms. The topological polar surface area (TPSA) is 56.7 Å². The molecule has 1 N–H and O–H groups in total. The van der Waals surface area contributed by atoms with Gasteiger partial charge in [-0.2, -0.15) is 0 Å². The van der Waals surface area contributed by atoms with Gasteiger partial charge in [-0.05, 0) is 53.3 Å². The Morgan fingerprint density at radius 2 is 1.94 bits per heavy atom. The highest BCUT2D eigenvalue weighted by molar-refractivity contribution is 6.30. The molecule has 5 rings (SSSR count). The summed E-state index contributed by atoms with van der Waals surface area (Å²) in [6, 6.07) is 18.8. The molecule has 1 aromatic heterocycles. The predicted octanol–water partition coefficient (Wildman–Crippen LogP) is 4.74. The summed E-state index contributed by atoms with van der Waals surface area (Å²) in [5, 5.41) is 9.99. The normalized spacial score (nSPS) is 18.4. The smallest absolute Gasteiger partial charge is 0.337 e. The highest BCUT2D eigenvalue weighted by Gasteiger charge is 2.33. The molecule has 0 spiro atoms. The average Bonchev–Trinajstić information content (AvgIpc) is 2.79. The molecule has 3 aromatic rings. The van der Waals surface area contributed by atoms with Crippen LogP contribution in [0.4, 0.5) is 5.82 Å². The molecule has 158 valence electrons. The Balaban J connectivity index is 1.33. The molecule has 1 fully saturated rings. The molecule has 1 unspecified atom stereocenters. The van der Waals surface area contributed by atoms with E-state index in [1.165, 1.54) is 22.9 Å². The average molecular weight is 434 g/mol.